The number of aromatic nitrogens is 5. The predicted molar refractivity (Wildman–Crippen MR) is 360 cm³/mol. The molecule has 2 aromatic heterocycles. The Bertz CT molecular complexity index is 3090. The first-order valence-corrected chi connectivity index (χ1v) is 34.3. The zero-order chi connectivity index (χ0) is 70.8. The molecule has 0 radical (unpaired) electrons. The number of carbonyl (C=O) groups excluding carboxylic acids is 10. The van der Waals surface area contributed by atoms with E-state index in [4.69, 9.17) is 42.2 Å². The number of imidazole rings is 1. The fourth-order valence-corrected chi connectivity index (χ4v) is 12.7. The summed E-state index contributed by atoms with van der Waals surface area (Å²) in [5.74, 6) is -6.46. The molecule has 540 valence electrons. The van der Waals surface area contributed by atoms with Gasteiger partial charge in [0.05, 0.1) is 62.8 Å². The number of H-pyrrole nitrogens is 1. The van der Waals surface area contributed by atoms with Crippen molar-refractivity contribution in [2.24, 2.45) is 23.1 Å². The molecule has 2 bridgehead atoms. The summed E-state index contributed by atoms with van der Waals surface area (Å²) in [7, 11) is 0. The number of thioether (sulfide) groups is 1. The second kappa shape index (κ2) is 41.8. The molecular weight excluding hydrogens is 1290 g/mol. The molecule has 0 saturated carbocycles. The van der Waals surface area contributed by atoms with Crippen LogP contribution in [0, 0.1) is 16.7 Å². The normalized spacial score (nSPS) is 23.0. The highest BCUT2D eigenvalue weighted by molar-refractivity contribution is 8.00. The number of benzene rings is 1. The number of fused-ring (bicyclic) bond motifs is 3. The van der Waals surface area contributed by atoms with Gasteiger partial charge in [-0.2, -0.15) is 11.8 Å². The Kier molecular flexibility index (Phi) is 33.2. The lowest BCUT2D eigenvalue weighted by Gasteiger charge is -2.28. The molecule has 3 aromatic rings. The van der Waals surface area contributed by atoms with Gasteiger partial charge in [0.15, 0.2) is 11.9 Å². The highest BCUT2D eigenvalue weighted by atomic mass is 32.2. The van der Waals surface area contributed by atoms with E-state index >= 15 is 0 Å². The van der Waals surface area contributed by atoms with Gasteiger partial charge in [-0.25, -0.2) is 9.78 Å². The number of guanidine groups is 2. The zero-order valence-corrected chi connectivity index (χ0v) is 56.4. The van der Waals surface area contributed by atoms with Gasteiger partial charge in [0, 0.05) is 75.3 Å². The molecule has 1 aromatic carbocycles. The Morgan fingerprint density at radius 1 is 0.663 bits per heavy atom. The van der Waals surface area contributed by atoms with Crippen molar-refractivity contribution in [1.29, 1.82) is 10.8 Å². The van der Waals surface area contributed by atoms with Crippen molar-refractivity contribution in [3.8, 4) is 0 Å². The molecule has 0 spiro atoms. The van der Waals surface area contributed by atoms with Gasteiger partial charge in [0.2, 0.25) is 53.2 Å². The van der Waals surface area contributed by atoms with Crippen LogP contribution in [0.25, 0.3) is 0 Å². The molecule has 6 rings (SSSR count). The smallest absolute Gasteiger partial charge is 0.315 e. The van der Waals surface area contributed by atoms with Crippen LogP contribution in [0.3, 0.4) is 0 Å². The molecule has 36 heteroatoms. The third kappa shape index (κ3) is 28.5. The Morgan fingerprint density at radius 3 is 1.92 bits per heavy atom. The van der Waals surface area contributed by atoms with Crippen LogP contribution in [-0.4, -0.2) is 221 Å². The fourth-order valence-electron chi connectivity index (χ4n) is 11.1. The number of nitrogens with zero attached hydrogens (tertiary/aromatic N) is 4. The number of hydrogen-bond donors (Lipinski definition) is 18. The van der Waals surface area contributed by atoms with Crippen molar-refractivity contribution in [2.75, 3.05) is 65.0 Å². The summed E-state index contributed by atoms with van der Waals surface area (Å²) >= 11 is 1.84. The number of primary amides is 1. The number of nitrogens with one attached hydrogen (secondary N) is 15. The Morgan fingerprint density at radius 2 is 1.28 bits per heavy atom. The van der Waals surface area contributed by atoms with Crippen LogP contribution < -0.4 is 81.0 Å². The van der Waals surface area contributed by atoms with Gasteiger partial charge in [-0.1, -0.05) is 55.8 Å². The number of nitrogens with two attached hydrogens (primary N) is 3. The van der Waals surface area contributed by atoms with E-state index in [1.807, 2.05) is 25.6 Å². The molecule has 21 N–H and O–H groups in total. The summed E-state index contributed by atoms with van der Waals surface area (Å²) < 4.78 is 18.3. The Hall–Kier alpha value is -9.16. The van der Waals surface area contributed by atoms with Gasteiger partial charge in [-0.05, 0) is 75.7 Å². The second-order valence-corrected chi connectivity index (χ2v) is 25.9. The summed E-state index contributed by atoms with van der Waals surface area (Å²) in [4.78, 5) is 145. The highest BCUT2D eigenvalue weighted by Gasteiger charge is 2.43. The van der Waals surface area contributed by atoms with Crippen LogP contribution in [0.5, 0.6) is 0 Å². The molecule has 98 heavy (non-hydrogen) atoms. The topological polar surface area (TPSA) is 528 Å². The minimum atomic E-state index is -1.48. The molecule has 5 heterocycles. The summed E-state index contributed by atoms with van der Waals surface area (Å²) in [6.07, 6.45) is 7.86. The third-order valence-electron chi connectivity index (χ3n) is 16.2. The maximum Gasteiger partial charge on any atom is 0.315 e. The van der Waals surface area contributed by atoms with Gasteiger partial charge < -0.3 is 100 Å². The third-order valence-corrected chi connectivity index (χ3v) is 17.7. The van der Waals surface area contributed by atoms with E-state index in [1.165, 1.54) is 17.2 Å². The number of unbranched alkanes of at least 4 members (excludes halogenated alkanes) is 1. The first kappa shape index (κ1) is 77.8. The number of ether oxygens (including phenoxy) is 3. The average Bonchev–Trinajstić information content (AvgIpc) is 1.65. The van der Waals surface area contributed by atoms with E-state index in [2.05, 4.69) is 84.1 Å². The van der Waals surface area contributed by atoms with E-state index in [0.717, 1.165) is 25.0 Å². The maximum absolute atomic E-state index is 14.9. The van der Waals surface area contributed by atoms with Crippen molar-refractivity contribution in [3.05, 3.63) is 66.0 Å². The van der Waals surface area contributed by atoms with Crippen molar-refractivity contribution >= 4 is 82.9 Å². The van der Waals surface area contributed by atoms with E-state index < -0.39 is 96.2 Å². The number of amides is 11. The lowest BCUT2D eigenvalue weighted by Crippen LogP contribution is -2.61. The number of hydrogen-bond acceptors (Lipinski definition) is 19. The number of rotatable bonds is 32. The molecule has 3 aliphatic rings. The van der Waals surface area contributed by atoms with Crippen LogP contribution in [-0.2, 0) is 83.2 Å². The number of carbonyl (C=O) groups is 10. The minimum absolute atomic E-state index is 0.0220. The van der Waals surface area contributed by atoms with Crippen LogP contribution in [0.4, 0.5) is 4.79 Å². The van der Waals surface area contributed by atoms with Gasteiger partial charge in [-0.15, -0.1) is 5.10 Å². The predicted octanol–water partition coefficient (Wildman–Crippen LogP) is -3.44. The van der Waals surface area contributed by atoms with Crippen LogP contribution in [0.15, 0.2) is 49.1 Å². The quantitative estimate of drug-likeness (QED) is 0.0125. The first-order chi connectivity index (χ1) is 47.1. The Balaban J connectivity index is 1.16. The van der Waals surface area contributed by atoms with E-state index in [-0.39, 0.29) is 158 Å². The summed E-state index contributed by atoms with van der Waals surface area (Å²) in [5.41, 5.74) is 18.1. The van der Waals surface area contributed by atoms with Gasteiger partial charge in [0.25, 0.3) is 0 Å². The molecule has 0 aliphatic carbocycles. The van der Waals surface area contributed by atoms with E-state index in [9.17, 15) is 47.9 Å². The summed E-state index contributed by atoms with van der Waals surface area (Å²) in [6.45, 7) is 4.68. The number of aromatic amines is 1. The molecular formula is C62H98N22O13S. The molecule has 2 saturated heterocycles. The average molecular weight is 1390 g/mol. The number of aryl methyl sites for hydroxylation is 1. The van der Waals surface area contributed by atoms with E-state index in [0.29, 0.717) is 42.3 Å². The molecule has 10 atom stereocenters. The fraction of sp³-hybridized carbons (Fsp3) is 0.629. The summed E-state index contributed by atoms with van der Waals surface area (Å²) in [6, 6.07) is -0.615. The van der Waals surface area contributed by atoms with Crippen LogP contribution >= 0.6 is 11.8 Å². The lowest BCUT2D eigenvalue weighted by molar-refractivity contribution is -0.136. The highest BCUT2D eigenvalue weighted by Crippen LogP contribution is 2.33. The van der Waals surface area contributed by atoms with Crippen molar-refractivity contribution in [1.82, 2.24) is 88.8 Å². The molecule has 3 aliphatic heterocycles. The number of urea groups is 1. The second-order valence-electron chi connectivity index (χ2n) is 24.6. The molecule has 35 nitrogen and oxygen atoms in total. The van der Waals surface area contributed by atoms with E-state index in [1.54, 1.807) is 36.5 Å². The SMILES string of the molecule is CC(C)C[C@H]1NC(=O)[C@@H](CCCNC(=N)N)NC(=O)[C@@H](Cc2ccccc2)NC(=O)[C@@H](Cc2c[nH]cn2)NC(=O)[C@@H](CCCNC(=N)N)NC(=O)[C@@H](NC(=O)COCCOCCOCCNC(=O)CCCC[C@@H]2SC[C@@H]3NC(=O)NC32)Cc2cn(nn2)CCCC[C@@H](C(N)=O)NC1=O. The molecule has 2 fully saturated rings. The van der Waals surface area contributed by atoms with Crippen molar-refractivity contribution in [2.45, 2.75) is 176 Å². The van der Waals surface area contributed by atoms with Crippen molar-refractivity contribution < 1.29 is 62.2 Å². The first-order valence-electron chi connectivity index (χ1n) is 33.3. The standard InChI is InChI=1S/C62H98N22O13S/c1-37(2)28-44-56(90)74-41(53(63)87)14-8-9-22-84-33-40(82-83-84)31-46(73-51(86)34-97-27-26-96-25-24-95-23-21-69-50(85)18-7-6-17-49-52-48(35-98-49)80-62(94)81-52)58(92)76-43(16-11-20-71-61(66)67)55(89)79-47(30-39-32-68-36-72-39)59(93)78-45(29-38-12-4-3-5-13-38)57(91)75-42(54(88)77-44)15-10-19-70-60(64)65/h3-5,12-13,32-33,36-37,41-49,52H,6-11,14-31,34-35H2,1-2H3,(H2,63,87)(H,68,72)(H,69,85)(H,73,86)(H,74,90)(H,75,91)(H,76,92)(H,77,88)(H,78,93)(H,79,89)(H4,64,65,70)(H4,66,67,71)(H2,80,81,94)/t41-,42+,43+,44+,45+,46-,47+,48-,49-,52?/m0/s1. The molecule has 1 unspecified atom stereocenters. The molecule has 11 amide bonds. The zero-order valence-electron chi connectivity index (χ0n) is 55.6. The van der Waals surface area contributed by atoms with Gasteiger partial charge >= 0.3 is 6.03 Å². The lowest BCUT2D eigenvalue weighted by atomic mass is 10.0. The van der Waals surface area contributed by atoms with Gasteiger partial charge in [-0.3, -0.25) is 58.7 Å². The Labute approximate surface area is 572 Å². The maximum atomic E-state index is 14.9. The largest absolute Gasteiger partial charge is 0.377 e. The van der Waals surface area contributed by atoms with Crippen LogP contribution in [0.2, 0.25) is 0 Å². The van der Waals surface area contributed by atoms with Gasteiger partial charge in [0.1, 0.15) is 48.9 Å². The monoisotopic (exact) mass is 1390 g/mol. The van der Waals surface area contributed by atoms with Crippen molar-refractivity contribution in [3.63, 3.8) is 0 Å². The summed E-state index contributed by atoms with van der Waals surface area (Å²) in [5, 5.41) is 57.5. The van der Waals surface area contributed by atoms with Crippen LogP contribution in [0.1, 0.15) is 108 Å². The minimum Gasteiger partial charge on any atom is -0.377 e.